The number of hydrogen-bond donors (Lipinski definition) is 1. The fourth-order valence-electron chi connectivity index (χ4n) is 2.64. The van der Waals surface area contributed by atoms with Gasteiger partial charge < -0.3 is 5.32 Å². The summed E-state index contributed by atoms with van der Waals surface area (Å²) in [7, 11) is 0. The van der Waals surface area contributed by atoms with Gasteiger partial charge in [0.05, 0.1) is 0 Å². The Labute approximate surface area is 91.1 Å². The van der Waals surface area contributed by atoms with Crippen LogP contribution in [0.15, 0.2) is 6.33 Å². The van der Waals surface area contributed by atoms with Crippen molar-refractivity contribution in [3.8, 4) is 0 Å². The second-order valence-corrected chi connectivity index (χ2v) is 4.36. The number of aryl methyl sites for hydroxylation is 1. The number of nitrogens with one attached hydrogen (secondary N) is 1. The van der Waals surface area contributed by atoms with Crippen molar-refractivity contribution in [3.05, 3.63) is 12.2 Å². The van der Waals surface area contributed by atoms with Gasteiger partial charge in [-0.05, 0) is 26.3 Å². The number of aromatic nitrogens is 3. The Morgan fingerprint density at radius 2 is 2.40 bits per heavy atom. The van der Waals surface area contributed by atoms with Gasteiger partial charge in [-0.1, -0.05) is 13.3 Å². The van der Waals surface area contributed by atoms with Crippen LogP contribution in [0.1, 0.15) is 38.9 Å². The first-order valence-corrected chi connectivity index (χ1v) is 5.91. The molecular formula is C11H20N4. The molecule has 0 saturated carbocycles. The van der Waals surface area contributed by atoms with Gasteiger partial charge in [-0.2, -0.15) is 5.10 Å². The summed E-state index contributed by atoms with van der Waals surface area (Å²) < 4.78 is 2.04. The molecule has 4 heteroatoms. The Hall–Kier alpha value is -0.900. The largest absolute Gasteiger partial charge is 0.316 e. The molecule has 0 radical (unpaired) electrons. The first kappa shape index (κ1) is 10.6. The van der Waals surface area contributed by atoms with Crippen LogP contribution < -0.4 is 5.32 Å². The molecule has 0 aliphatic carbocycles. The Bertz CT molecular complexity index is 312. The monoisotopic (exact) mass is 208 g/mol. The van der Waals surface area contributed by atoms with E-state index in [9.17, 15) is 0 Å². The van der Waals surface area contributed by atoms with Gasteiger partial charge in [0, 0.05) is 18.5 Å². The lowest BCUT2D eigenvalue weighted by Gasteiger charge is -2.26. The minimum Gasteiger partial charge on any atom is -0.316 e. The topological polar surface area (TPSA) is 42.7 Å². The van der Waals surface area contributed by atoms with E-state index in [1.54, 1.807) is 6.33 Å². The van der Waals surface area contributed by atoms with Crippen molar-refractivity contribution in [2.45, 2.75) is 45.1 Å². The molecule has 0 amide bonds. The van der Waals surface area contributed by atoms with Crippen LogP contribution in [0.5, 0.6) is 0 Å². The van der Waals surface area contributed by atoms with Gasteiger partial charge in [-0.15, -0.1) is 0 Å². The summed E-state index contributed by atoms with van der Waals surface area (Å²) in [6.07, 6.45) is 5.30. The third kappa shape index (κ3) is 1.78. The van der Waals surface area contributed by atoms with E-state index in [0.29, 0.717) is 0 Å². The lowest BCUT2D eigenvalue weighted by Crippen LogP contribution is -2.32. The van der Waals surface area contributed by atoms with Gasteiger partial charge >= 0.3 is 0 Å². The molecule has 1 N–H and O–H groups in total. The minimum absolute atomic E-state index is 0.237. The van der Waals surface area contributed by atoms with E-state index in [1.165, 1.54) is 25.1 Å². The molecule has 1 saturated heterocycles. The summed E-state index contributed by atoms with van der Waals surface area (Å²) in [5.74, 6) is 1.18. The van der Waals surface area contributed by atoms with E-state index in [0.717, 1.165) is 19.6 Å². The van der Waals surface area contributed by atoms with Crippen molar-refractivity contribution < 1.29 is 0 Å². The molecule has 84 valence electrons. The van der Waals surface area contributed by atoms with Crippen LogP contribution in [0.4, 0.5) is 0 Å². The molecule has 1 unspecified atom stereocenters. The average molecular weight is 208 g/mol. The van der Waals surface area contributed by atoms with Gasteiger partial charge in [0.1, 0.15) is 12.2 Å². The molecule has 1 aromatic heterocycles. The summed E-state index contributed by atoms with van der Waals surface area (Å²) in [6.45, 7) is 7.45. The maximum atomic E-state index is 4.47. The van der Waals surface area contributed by atoms with Gasteiger partial charge in [-0.3, -0.25) is 0 Å². The highest BCUT2D eigenvalue weighted by Gasteiger charge is 2.38. The maximum Gasteiger partial charge on any atom is 0.138 e. The Kier molecular flexibility index (Phi) is 3.05. The zero-order valence-electron chi connectivity index (χ0n) is 9.66. The van der Waals surface area contributed by atoms with E-state index in [4.69, 9.17) is 0 Å². The Balaban J connectivity index is 2.31. The van der Waals surface area contributed by atoms with Gasteiger partial charge in [0.2, 0.25) is 0 Å². The average Bonchev–Trinajstić information content (AvgIpc) is 2.85. The number of rotatable bonds is 4. The van der Waals surface area contributed by atoms with Crippen molar-refractivity contribution in [3.63, 3.8) is 0 Å². The molecule has 2 heterocycles. The standard InChI is InChI=1S/C11H20N4/c1-3-5-11(6-7-12-8-11)10-13-9-14-15(10)4-2/h9,12H,3-8H2,1-2H3. The van der Waals surface area contributed by atoms with E-state index >= 15 is 0 Å². The molecule has 0 aromatic carbocycles. The van der Waals surface area contributed by atoms with Crippen molar-refractivity contribution in [2.75, 3.05) is 13.1 Å². The van der Waals surface area contributed by atoms with Gasteiger partial charge in [0.25, 0.3) is 0 Å². The quantitative estimate of drug-likeness (QED) is 0.811. The van der Waals surface area contributed by atoms with E-state index in [2.05, 4.69) is 29.2 Å². The first-order valence-electron chi connectivity index (χ1n) is 5.91. The molecule has 4 nitrogen and oxygen atoms in total. The van der Waals surface area contributed by atoms with Crippen LogP contribution in [0.25, 0.3) is 0 Å². The lowest BCUT2D eigenvalue weighted by molar-refractivity contribution is 0.376. The van der Waals surface area contributed by atoms with Gasteiger partial charge in [-0.25, -0.2) is 9.67 Å². The van der Waals surface area contributed by atoms with Crippen LogP contribution in [-0.4, -0.2) is 27.9 Å². The highest BCUT2D eigenvalue weighted by Crippen LogP contribution is 2.33. The summed E-state index contributed by atoms with van der Waals surface area (Å²) in [5.41, 5.74) is 0.237. The van der Waals surface area contributed by atoms with E-state index in [1.807, 2.05) is 4.68 Å². The van der Waals surface area contributed by atoms with E-state index in [-0.39, 0.29) is 5.41 Å². The smallest absolute Gasteiger partial charge is 0.138 e. The summed E-state index contributed by atoms with van der Waals surface area (Å²) >= 11 is 0. The van der Waals surface area contributed by atoms with Gasteiger partial charge in [0.15, 0.2) is 0 Å². The molecule has 1 aliphatic rings. The molecule has 1 fully saturated rings. The normalized spacial score (nSPS) is 26.0. The molecule has 0 spiro atoms. The van der Waals surface area contributed by atoms with Crippen LogP contribution in [0.2, 0.25) is 0 Å². The van der Waals surface area contributed by atoms with Crippen molar-refractivity contribution in [2.24, 2.45) is 0 Å². The minimum atomic E-state index is 0.237. The van der Waals surface area contributed by atoms with Crippen molar-refractivity contribution >= 4 is 0 Å². The predicted molar refractivity (Wildman–Crippen MR) is 59.8 cm³/mol. The third-order valence-corrected chi connectivity index (χ3v) is 3.36. The number of hydrogen-bond acceptors (Lipinski definition) is 3. The van der Waals surface area contributed by atoms with Crippen LogP contribution >= 0.6 is 0 Å². The fourth-order valence-corrected chi connectivity index (χ4v) is 2.64. The van der Waals surface area contributed by atoms with Crippen molar-refractivity contribution in [1.82, 2.24) is 20.1 Å². The third-order valence-electron chi connectivity index (χ3n) is 3.36. The van der Waals surface area contributed by atoms with Crippen molar-refractivity contribution in [1.29, 1.82) is 0 Å². The summed E-state index contributed by atoms with van der Waals surface area (Å²) in [6, 6.07) is 0. The molecule has 1 atom stereocenters. The fraction of sp³-hybridized carbons (Fsp3) is 0.818. The zero-order chi connectivity index (χ0) is 10.7. The lowest BCUT2D eigenvalue weighted by atomic mass is 9.81. The summed E-state index contributed by atoms with van der Waals surface area (Å²) in [4.78, 5) is 4.47. The Morgan fingerprint density at radius 3 is 3.00 bits per heavy atom. The molecular weight excluding hydrogens is 188 g/mol. The first-order chi connectivity index (χ1) is 7.32. The number of nitrogens with zero attached hydrogens (tertiary/aromatic N) is 3. The molecule has 15 heavy (non-hydrogen) atoms. The highest BCUT2D eigenvalue weighted by atomic mass is 15.3. The van der Waals surface area contributed by atoms with Crippen LogP contribution in [0, 0.1) is 0 Å². The van der Waals surface area contributed by atoms with Crippen LogP contribution in [-0.2, 0) is 12.0 Å². The molecule has 1 aromatic rings. The second kappa shape index (κ2) is 4.31. The predicted octanol–water partition coefficient (Wildman–Crippen LogP) is 1.33. The second-order valence-electron chi connectivity index (χ2n) is 4.36. The van der Waals surface area contributed by atoms with E-state index < -0.39 is 0 Å². The SMILES string of the molecule is CCCC1(c2ncnn2CC)CCNC1. The highest BCUT2D eigenvalue weighted by molar-refractivity contribution is 5.12. The maximum absolute atomic E-state index is 4.47. The Morgan fingerprint density at radius 1 is 1.53 bits per heavy atom. The summed E-state index contributed by atoms with van der Waals surface area (Å²) in [5, 5.41) is 7.74. The zero-order valence-corrected chi connectivity index (χ0v) is 9.66. The van der Waals surface area contributed by atoms with Crippen LogP contribution in [0.3, 0.4) is 0 Å². The molecule has 1 aliphatic heterocycles. The molecule has 2 rings (SSSR count). The molecule has 0 bridgehead atoms.